The molecule has 0 saturated carbocycles. The van der Waals surface area contributed by atoms with Crippen molar-refractivity contribution in [2.24, 2.45) is 0 Å². The molecule has 19 heavy (non-hydrogen) atoms. The van der Waals surface area contributed by atoms with Gasteiger partial charge in [-0.1, -0.05) is 0 Å². The monoisotopic (exact) mass is 262 g/mol. The van der Waals surface area contributed by atoms with E-state index in [9.17, 15) is 19.2 Å². The standard InChI is InChI=1S/C12H10N2O5/c15-9(3-4-10(16)17)13-6-1-2-7-8(5-6)12(19)14-11(7)18/h1-2,5H,3-4H2,(H,13,15)(H,16,17)(H,14,18,19). The van der Waals surface area contributed by atoms with Gasteiger partial charge >= 0.3 is 5.97 Å². The van der Waals surface area contributed by atoms with E-state index in [4.69, 9.17) is 5.11 Å². The fraction of sp³-hybridized carbons (Fsp3) is 0.167. The highest BCUT2D eigenvalue weighted by molar-refractivity contribution is 6.22. The van der Waals surface area contributed by atoms with Crippen molar-refractivity contribution in [1.82, 2.24) is 5.32 Å². The first kappa shape index (κ1) is 12.7. The van der Waals surface area contributed by atoms with Gasteiger partial charge in [0.2, 0.25) is 5.91 Å². The minimum Gasteiger partial charge on any atom is -0.481 e. The number of carboxylic acids is 1. The number of carbonyl (C=O) groups is 4. The van der Waals surface area contributed by atoms with Crippen LogP contribution in [0.15, 0.2) is 18.2 Å². The van der Waals surface area contributed by atoms with Crippen molar-refractivity contribution in [1.29, 1.82) is 0 Å². The molecule has 0 atom stereocenters. The Balaban J connectivity index is 2.09. The molecule has 1 heterocycles. The van der Waals surface area contributed by atoms with Gasteiger partial charge in [-0.25, -0.2) is 0 Å². The molecule has 0 aliphatic carbocycles. The van der Waals surface area contributed by atoms with Crippen LogP contribution in [0.3, 0.4) is 0 Å². The summed E-state index contributed by atoms with van der Waals surface area (Å²) >= 11 is 0. The molecule has 7 nitrogen and oxygen atoms in total. The summed E-state index contributed by atoms with van der Waals surface area (Å²) in [7, 11) is 0. The van der Waals surface area contributed by atoms with Crippen LogP contribution in [-0.2, 0) is 9.59 Å². The third-order valence-electron chi connectivity index (χ3n) is 2.59. The zero-order valence-corrected chi connectivity index (χ0v) is 9.73. The summed E-state index contributed by atoms with van der Waals surface area (Å²) in [5.41, 5.74) is 0.800. The maximum absolute atomic E-state index is 11.4. The Kier molecular flexibility index (Phi) is 3.28. The second-order valence-electron chi connectivity index (χ2n) is 3.99. The summed E-state index contributed by atoms with van der Waals surface area (Å²) < 4.78 is 0. The molecule has 98 valence electrons. The molecule has 1 aliphatic heterocycles. The molecule has 1 aromatic rings. The van der Waals surface area contributed by atoms with Crippen LogP contribution in [0.5, 0.6) is 0 Å². The van der Waals surface area contributed by atoms with E-state index in [0.29, 0.717) is 5.69 Å². The fourth-order valence-electron chi connectivity index (χ4n) is 1.69. The Morgan fingerprint density at radius 1 is 1.11 bits per heavy atom. The molecule has 1 aromatic carbocycles. The van der Waals surface area contributed by atoms with Crippen LogP contribution in [0.25, 0.3) is 0 Å². The Morgan fingerprint density at radius 2 is 1.79 bits per heavy atom. The van der Waals surface area contributed by atoms with E-state index in [0.717, 1.165) is 0 Å². The van der Waals surface area contributed by atoms with Crippen molar-refractivity contribution in [3.05, 3.63) is 29.3 Å². The first-order valence-corrected chi connectivity index (χ1v) is 5.49. The average Bonchev–Trinajstić information content (AvgIpc) is 2.62. The average molecular weight is 262 g/mol. The molecule has 3 amide bonds. The van der Waals surface area contributed by atoms with Gasteiger partial charge in [0.15, 0.2) is 0 Å². The third-order valence-corrected chi connectivity index (χ3v) is 2.59. The van der Waals surface area contributed by atoms with E-state index in [-0.39, 0.29) is 24.0 Å². The van der Waals surface area contributed by atoms with E-state index < -0.39 is 23.7 Å². The lowest BCUT2D eigenvalue weighted by Crippen LogP contribution is -2.19. The summed E-state index contributed by atoms with van der Waals surface area (Å²) in [6.07, 6.45) is -0.423. The Hall–Kier alpha value is -2.70. The normalized spacial score (nSPS) is 12.8. The molecular formula is C12H10N2O5. The molecule has 0 radical (unpaired) electrons. The van der Waals surface area contributed by atoms with Crippen LogP contribution in [0, 0.1) is 0 Å². The second kappa shape index (κ2) is 4.89. The summed E-state index contributed by atoms with van der Waals surface area (Å²) in [4.78, 5) is 44.4. The van der Waals surface area contributed by atoms with Gasteiger partial charge in [0.1, 0.15) is 0 Å². The van der Waals surface area contributed by atoms with Crippen molar-refractivity contribution in [3.8, 4) is 0 Å². The minimum atomic E-state index is -1.06. The number of nitrogens with one attached hydrogen (secondary N) is 2. The van der Waals surface area contributed by atoms with E-state index in [1.54, 1.807) is 0 Å². The molecule has 2 rings (SSSR count). The van der Waals surface area contributed by atoms with Crippen LogP contribution >= 0.6 is 0 Å². The van der Waals surface area contributed by atoms with E-state index in [1.165, 1.54) is 18.2 Å². The molecule has 0 bridgehead atoms. The summed E-state index contributed by atoms with van der Waals surface area (Å²) in [5, 5.41) is 13.1. The lowest BCUT2D eigenvalue weighted by atomic mass is 10.1. The van der Waals surface area contributed by atoms with Crippen molar-refractivity contribution in [2.45, 2.75) is 12.8 Å². The largest absolute Gasteiger partial charge is 0.481 e. The number of amides is 3. The Morgan fingerprint density at radius 3 is 2.47 bits per heavy atom. The number of carboxylic acid groups (broad SMARTS) is 1. The summed E-state index contributed by atoms with van der Waals surface area (Å²) in [6.45, 7) is 0. The highest BCUT2D eigenvalue weighted by Gasteiger charge is 2.26. The number of fused-ring (bicyclic) bond motifs is 1. The van der Waals surface area contributed by atoms with Crippen molar-refractivity contribution in [2.75, 3.05) is 5.32 Å². The molecule has 3 N–H and O–H groups in total. The lowest BCUT2D eigenvalue weighted by molar-refractivity contribution is -0.138. The van der Waals surface area contributed by atoms with Gasteiger partial charge in [-0.2, -0.15) is 0 Å². The van der Waals surface area contributed by atoms with Crippen molar-refractivity contribution >= 4 is 29.4 Å². The predicted octanol–water partition coefficient (Wildman–Crippen LogP) is 0.374. The van der Waals surface area contributed by atoms with Crippen LogP contribution in [0.1, 0.15) is 33.6 Å². The number of aliphatic carboxylic acids is 1. The van der Waals surface area contributed by atoms with Crippen LogP contribution < -0.4 is 10.6 Å². The zero-order valence-electron chi connectivity index (χ0n) is 9.73. The number of hydrogen-bond donors (Lipinski definition) is 3. The van der Waals surface area contributed by atoms with Crippen LogP contribution in [0.4, 0.5) is 5.69 Å². The van der Waals surface area contributed by atoms with Crippen LogP contribution in [-0.4, -0.2) is 28.8 Å². The van der Waals surface area contributed by atoms with E-state index >= 15 is 0 Å². The molecule has 1 aliphatic rings. The molecular weight excluding hydrogens is 252 g/mol. The number of carbonyl (C=O) groups excluding carboxylic acids is 3. The second-order valence-corrected chi connectivity index (χ2v) is 3.99. The SMILES string of the molecule is O=C(O)CCC(=O)Nc1ccc2c(c1)C(=O)NC2=O. The van der Waals surface area contributed by atoms with Gasteiger partial charge in [-0.15, -0.1) is 0 Å². The van der Waals surface area contributed by atoms with E-state index in [1.807, 2.05) is 0 Å². The summed E-state index contributed by atoms with van der Waals surface area (Å²) in [6, 6.07) is 4.30. The van der Waals surface area contributed by atoms with Crippen LogP contribution in [0.2, 0.25) is 0 Å². The predicted molar refractivity (Wildman–Crippen MR) is 63.7 cm³/mol. The van der Waals surface area contributed by atoms with Gasteiger partial charge in [-0.3, -0.25) is 24.5 Å². The molecule has 0 unspecified atom stereocenters. The molecule has 0 aromatic heterocycles. The number of hydrogen-bond acceptors (Lipinski definition) is 4. The minimum absolute atomic E-state index is 0.155. The van der Waals surface area contributed by atoms with Gasteiger partial charge in [0.05, 0.1) is 17.5 Å². The smallest absolute Gasteiger partial charge is 0.303 e. The zero-order chi connectivity index (χ0) is 14.0. The first-order valence-electron chi connectivity index (χ1n) is 5.49. The molecule has 0 fully saturated rings. The maximum atomic E-state index is 11.4. The lowest BCUT2D eigenvalue weighted by Gasteiger charge is -2.05. The Labute approximate surface area is 107 Å². The van der Waals surface area contributed by atoms with Gasteiger partial charge in [0, 0.05) is 12.1 Å². The number of rotatable bonds is 4. The molecule has 0 saturated heterocycles. The van der Waals surface area contributed by atoms with Gasteiger partial charge < -0.3 is 10.4 Å². The van der Waals surface area contributed by atoms with Crippen molar-refractivity contribution < 1.29 is 24.3 Å². The quantitative estimate of drug-likeness (QED) is 0.679. The van der Waals surface area contributed by atoms with Crippen molar-refractivity contribution in [3.63, 3.8) is 0 Å². The fourth-order valence-corrected chi connectivity index (χ4v) is 1.69. The third kappa shape index (κ3) is 2.76. The first-order chi connectivity index (χ1) is 8.97. The maximum Gasteiger partial charge on any atom is 0.303 e. The highest BCUT2D eigenvalue weighted by Crippen LogP contribution is 2.20. The number of anilines is 1. The Bertz CT molecular complexity index is 594. The molecule has 7 heteroatoms. The number of benzene rings is 1. The molecule has 0 spiro atoms. The highest BCUT2D eigenvalue weighted by atomic mass is 16.4. The van der Waals surface area contributed by atoms with E-state index in [2.05, 4.69) is 10.6 Å². The van der Waals surface area contributed by atoms with Gasteiger partial charge in [0.25, 0.3) is 11.8 Å². The summed E-state index contributed by atoms with van der Waals surface area (Å²) in [5.74, 6) is -2.51. The van der Waals surface area contributed by atoms with Gasteiger partial charge in [-0.05, 0) is 18.2 Å². The number of imide groups is 1. The topological polar surface area (TPSA) is 113 Å².